The van der Waals surface area contributed by atoms with Gasteiger partial charge in [-0.15, -0.1) is 11.3 Å². The molecule has 2 heterocycles. The molecule has 0 aliphatic rings. The average Bonchev–Trinajstić information content (AvgIpc) is 2.64. The lowest BCUT2D eigenvalue weighted by molar-refractivity contribution is 0.754. The Morgan fingerprint density at radius 3 is 2.81 bits per heavy atom. The van der Waals surface area contributed by atoms with Gasteiger partial charge in [-0.2, -0.15) is 0 Å². The van der Waals surface area contributed by atoms with Crippen LogP contribution in [0.5, 0.6) is 0 Å². The van der Waals surface area contributed by atoms with Crippen molar-refractivity contribution in [1.29, 1.82) is 0 Å². The van der Waals surface area contributed by atoms with E-state index in [1.165, 1.54) is 11.3 Å². The van der Waals surface area contributed by atoms with Gasteiger partial charge in [0.25, 0.3) is 0 Å². The number of nitrogens with zero attached hydrogens (tertiary/aromatic N) is 2. The Kier molecular flexibility index (Phi) is 3.53. The van der Waals surface area contributed by atoms with Crippen LogP contribution in [0.3, 0.4) is 0 Å². The summed E-state index contributed by atoms with van der Waals surface area (Å²) in [5.74, 6) is 0.807. The number of aromatic nitrogens is 2. The second-order valence-electron chi connectivity index (χ2n) is 3.44. The Labute approximate surface area is 104 Å². The summed E-state index contributed by atoms with van der Waals surface area (Å²) in [6.07, 6.45) is 0. The first-order valence-electron chi connectivity index (χ1n) is 4.94. The number of hydrogen-bond acceptors (Lipinski definition) is 4. The van der Waals surface area contributed by atoms with E-state index in [0.29, 0.717) is 6.54 Å². The molecule has 2 rings (SSSR count). The van der Waals surface area contributed by atoms with Gasteiger partial charge >= 0.3 is 0 Å². The Morgan fingerprint density at radius 2 is 2.19 bits per heavy atom. The summed E-state index contributed by atoms with van der Waals surface area (Å²) in [6.45, 7) is 2.65. The highest BCUT2D eigenvalue weighted by Crippen LogP contribution is 2.29. The minimum atomic E-state index is 0.674. The molecule has 5 heteroatoms. The normalized spacial score (nSPS) is 10.7. The molecule has 16 heavy (non-hydrogen) atoms. The highest BCUT2D eigenvalue weighted by Gasteiger charge is 2.06. The molecule has 0 amide bonds. The van der Waals surface area contributed by atoms with Crippen molar-refractivity contribution in [3.8, 4) is 10.6 Å². The molecule has 0 saturated heterocycles. The fraction of sp³-hybridized carbons (Fsp3) is 0.273. The first-order chi connectivity index (χ1) is 7.69. The Bertz CT molecular complexity index is 496. The van der Waals surface area contributed by atoms with E-state index < -0.39 is 0 Å². The molecule has 2 aromatic rings. The average molecular weight is 254 g/mol. The molecule has 0 radical (unpaired) electrons. The molecule has 1 N–H and O–H groups in total. The lowest BCUT2D eigenvalue weighted by Crippen LogP contribution is -2.10. The van der Waals surface area contributed by atoms with Crippen molar-refractivity contribution < 1.29 is 0 Å². The van der Waals surface area contributed by atoms with Crippen molar-refractivity contribution in [1.82, 2.24) is 15.3 Å². The van der Waals surface area contributed by atoms with Gasteiger partial charge in [0.15, 0.2) is 0 Å². The molecule has 0 spiro atoms. The largest absolute Gasteiger partial charge is 0.313 e. The molecule has 0 atom stereocenters. The summed E-state index contributed by atoms with van der Waals surface area (Å²) in [7, 11) is 1.88. The van der Waals surface area contributed by atoms with Crippen molar-refractivity contribution in [3.05, 3.63) is 34.1 Å². The minimum Gasteiger partial charge on any atom is -0.313 e. The fourth-order valence-corrected chi connectivity index (χ4v) is 2.45. The number of rotatable bonds is 3. The van der Waals surface area contributed by atoms with E-state index in [1.807, 2.05) is 32.2 Å². The van der Waals surface area contributed by atoms with Gasteiger partial charge in [-0.1, -0.05) is 11.6 Å². The quantitative estimate of drug-likeness (QED) is 0.914. The Morgan fingerprint density at radius 1 is 1.38 bits per heavy atom. The molecular weight excluding hydrogens is 242 g/mol. The third kappa shape index (κ3) is 2.58. The summed E-state index contributed by atoms with van der Waals surface area (Å²) < 4.78 is 0.779. The van der Waals surface area contributed by atoms with Gasteiger partial charge in [-0.3, -0.25) is 0 Å². The molecule has 0 aromatic carbocycles. The van der Waals surface area contributed by atoms with E-state index >= 15 is 0 Å². The van der Waals surface area contributed by atoms with Crippen LogP contribution in [0.4, 0.5) is 0 Å². The zero-order valence-electron chi connectivity index (χ0n) is 9.12. The van der Waals surface area contributed by atoms with Crippen LogP contribution < -0.4 is 5.32 Å². The summed E-state index contributed by atoms with van der Waals surface area (Å²) in [5, 5.41) is 3.05. The first-order valence-corrected chi connectivity index (χ1v) is 6.13. The van der Waals surface area contributed by atoms with Gasteiger partial charge in [0.2, 0.25) is 0 Å². The second kappa shape index (κ2) is 4.91. The maximum absolute atomic E-state index is 5.91. The Hall–Kier alpha value is -0.970. The van der Waals surface area contributed by atoms with Gasteiger partial charge in [0.1, 0.15) is 5.82 Å². The molecule has 0 aliphatic heterocycles. The van der Waals surface area contributed by atoms with E-state index in [0.717, 1.165) is 26.4 Å². The van der Waals surface area contributed by atoms with Crippen LogP contribution in [0.15, 0.2) is 18.2 Å². The maximum Gasteiger partial charge on any atom is 0.143 e. The van der Waals surface area contributed by atoms with Crippen LogP contribution in [0, 0.1) is 6.92 Å². The van der Waals surface area contributed by atoms with Crippen LogP contribution in [-0.2, 0) is 6.54 Å². The summed E-state index contributed by atoms with van der Waals surface area (Å²) >= 11 is 7.44. The zero-order valence-corrected chi connectivity index (χ0v) is 10.7. The van der Waals surface area contributed by atoms with E-state index in [2.05, 4.69) is 15.3 Å². The van der Waals surface area contributed by atoms with Gasteiger partial charge in [0, 0.05) is 5.69 Å². The van der Waals surface area contributed by atoms with Crippen molar-refractivity contribution in [2.24, 2.45) is 0 Å². The molecule has 84 valence electrons. The predicted molar refractivity (Wildman–Crippen MR) is 67.9 cm³/mol. The molecule has 3 nitrogen and oxygen atoms in total. The number of halogens is 1. The molecule has 0 unspecified atom stereocenters. The first kappa shape index (κ1) is 11.5. The summed E-state index contributed by atoms with van der Waals surface area (Å²) in [4.78, 5) is 9.92. The molecular formula is C11H12ClN3S. The van der Waals surface area contributed by atoms with E-state index in [-0.39, 0.29) is 0 Å². The predicted octanol–water partition coefficient (Wildman–Crippen LogP) is 2.89. The van der Waals surface area contributed by atoms with Crippen LogP contribution in [0.1, 0.15) is 11.5 Å². The topological polar surface area (TPSA) is 37.8 Å². The van der Waals surface area contributed by atoms with Gasteiger partial charge in [0.05, 0.1) is 21.5 Å². The number of nitrogens with one attached hydrogen (secondary N) is 1. The van der Waals surface area contributed by atoms with Crippen molar-refractivity contribution in [2.75, 3.05) is 7.05 Å². The summed E-state index contributed by atoms with van der Waals surface area (Å²) in [6, 6.07) is 5.84. The lowest BCUT2D eigenvalue weighted by Gasteiger charge is -2.03. The molecule has 2 aromatic heterocycles. The fourth-order valence-electron chi connectivity index (χ4n) is 1.45. The third-order valence-corrected chi connectivity index (χ3v) is 3.31. The third-order valence-electron chi connectivity index (χ3n) is 2.06. The monoisotopic (exact) mass is 253 g/mol. The van der Waals surface area contributed by atoms with Crippen LogP contribution in [0.2, 0.25) is 4.34 Å². The van der Waals surface area contributed by atoms with Gasteiger partial charge < -0.3 is 5.32 Å². The molecule has 0 bridgehead atoms. The lowest BCUT2D eigenvalue weighted by atomic mass is 10.3. The second-order valence-corrected chi connectivity index (χ2v) is 5.16. The number of hydrogen-bond donors (Lipinski definition) is 1. The van der Waals surface area contributed by atoms with Crippen LogP contribution >= 0.6 is 22.9 Å². The molecule has 0 aliphatic carbocycles. The van der Waals surface area contributed by atoms with Crippen molar-refractivity contribution in [3.63, 3.8) is 0 Å². The maximum atomic E-state index is 5.91. The van der Waals surface area contributed by atoms with Gasteiger partial charge in [-0.05, 0) is 32.2 Å². The van der Waals surface area contributed by atoms with Crippen molar-refractivity contribution >= 4 is 22.9 Å². The molecule has 0 saturated carbocycles. The van der Waals surface area contributed by atoms with E-state index in [1.54, 1.807) is 0 Å². The Balaban J connectivity index is 2.40. The van der Waals surface area contributed by atoms with E-state index in [9.17, 15) is 0 Å². The van der Waals surface area contributed by atoms with Crippen LogP contribution in [0.25, 0.3) is 10.6 Å². The molecule has 0 fully saturated rings. The van der Waals surface area contributed by atoms with Crippen LogP contribution in [-0.4, -0.2) is 17.0 Å². The highest BCUT2D eigenvalue weighted by atomic mass is 35.5. The van der Waals surface area contributed by atoms with Gasteiger partial charge in [-0.25, -0.2) is 9.97 Å². The SMILES string of the molecule is CNCc1nc(C)cc(-c2ccc(Cl)s2)n1. The highest BCUT2D eigenvalue weighted by molar-refractivity contribution is 7.19. The number of aryl methyl sites for hydroxylation is 1. The standard InChI is InChI=1S/C11H12ClN3S/c1-7-5-8(9-3-4-10(12)16-9)15-11(14-7)6-13-2/h3-5,13H,6H2,1-2H3. The van der Waals surface area contributed by atoms with Crippen molar-refractivity contribution in [2.45, 2.75) is 13.5 Å². The summed E-state index contributed by atoms with van der Waals surface area (Å²) in [5.41, 5.74) is 1.91. The minimum absolute atomic E-state index is 0.674. The van der Waals surface area contributed by atoms with E-state index in [4.69, 9.17) is 11.6 Å². The smallest absolute Gasteiger partial charge is 0.143 e. The number of thiophene rings is 1. The zero-order chi connectivity index (χ0) is 11.5.